The first-order chi connectivity index (χ1) is 18.6. The van der Waals surface area contributed by atoms with Crippen LogP contribution in [0.25, 0.3) is 0 Å². The van der Waals surface area contributed by atoms with E-state index in [0.29, 0.717) is 23.9 Å². The van der Waals surface area contributed by atoms with Gasteiger partial charge in [0.15, 0.2) is 0 Å². The molecule has 1 aromatic heterocycles. The Morgan fingerprint density at radius 3 is 2.26 bits per heavy atom. The highest BCUT2D eigenvalue weighted by atomic mass is 32.1. The van der Waals surface area contributed by atoms with Crippen LogP contribution in [0.15, 0.2) is 84.9 Å². The molecule has 1 N–H and O–H groups in total. The van der Waals surface area contributed by atoms with Crippen LogP contribution < -0.4 is 10.2 Å². The summed E-state index contributed by atoms with van der Waals surface area (Å²) in [7, 11) is 0. The number of benzene rings is 3. The van der Waals surface area contributed by atoms with Gasteiger partial charge in [0.1, 0.15) is 11.6 Å². The number of hydrogen-bond acceptors (Lipinski definition) is 6. The number of amides is 1. The van der Waals surface area contributed by atoms with Gasteiger partial charge < -0.3 is 10.2 Å². The third-order valence-electron chi connectivity index (χ3n) is 6.76. The Hall–Kier alpha value is -3.62. The first-order valence-electron chi connectivity index (χ1n) is 13.0. The standard InChI is InChI=1S/C30H32FN5OS/c31-26-13-11-23(12-14-26)19-28-33-30(38-34-28)36(21-25-9-5-2-6-10-25)22-29(37)32-27-15-17-35(18-16-27)20-24-7-3-1-4-8-24/h1-14,27H,15-22H2,(H,32,37). The lowest BCUT2D eigenvalue weighted by Crippen LogP contribution is -2.47. The molecule has 6 nitrogen and oxygen atoms in total. The van der Waals surface area contributed by atoms with Gasteiger partial charge in [-0.1, -0.05) is 72.8 Å². The van der Waals surface area contributed by atoms with Crippen LogP contribution >= 0.6 is 11.5 Å². The number of piperidine rings is 1. The molecule has 196 valence electrons. The van der Waals surface area contributed by atoms with E-state index in [-0.39, 0.29) is 24.3 Å². The smallest absolute Gasteiger partial charge is 0.239 e. The van der Waals surface area contributed by atoms with E-state index >= 15 is 0 Å². The molecular weight excluding hydrogens is 497 g/mol. The third kappa shape index (κ3) is 7.46. The monoisotopic (exact) mass is 529 g/mol. The normalized spacial score (nSPS) is 14.3. The predicted molar refractivity (Wildman–Crippen MR) is 149 cm³/mol. The van der Waals surface area contributed by atoms with Crippen molar-refractivity contribution in [3.8, 4) is 0 Å². The topological polar surface area (TPSA) is 61.4 Å². The quantitative estimate of drug-likeness (QED) is 0.311. The van der Waals surface area contributed by atoms with Crippen molar-refractivity contribution in [3.05, 3.63) is 113 Å². The van der Waals surface area contributed by atoms with Crippen LogP contribution in [0.2, 0.25) is 0 Å². The molecule has 38 heavy (non-hydrogen) atoms. The molecule has 1 aliphatic heterocycles. The molecule has 1 fully saturated rings. The largest absolute Gasteiger partial charge is 0.352 e. The summed E-state index contributed by atoms with van der Waals surface area (Å²) in [6, 6.07) is 27.2. The van der Waals surface area contributed by atoms with Crippen molar-refractivity contribution in [1.82, 2.24) is 19.6 Å². The Morgan fingerprint density at radius 2 is 1.58 bits per heavy atom. The van der Waals surface area contributed by atoms with Crippen LogP contribution in [0.3, 0.4) is 0 Å². The maximum absolute atomic E-state index is 13.3. The van der Waals surface area contributed by atoms with Crippen LogP contribution in [0.5, 0.6) is 0 Å². The average molecular weight is 530 g/mol. The second kappa shape index (κ2) is 12.8. The Labute approximate surface area is 227 Å². The predicted octanol–water partition coefficient (Wildman–Crippen LogP) is 5.06. The zero-order valence-electron chi connectivity index (χ0n) is 21.3. The van der Waals surface area contributed by atoms with E-state index in [0.717, 1.165) is 43.6 Å². The lowest BCUT2D eigenvalue weighted by Gasteiger charge is -2.33. The van der Waals surface area contributed by atoms with E-state index in [9.17, 15) is 9.18 Å². The summed E-state index contributed by atoms with van der Waals surface area (Å²) in [4.78, 5) is 22.3. The number of carbonyl (C=O) groups is 1. The number of carbonyl (C=O) groups excluding carboxylic acids is 1. The maximum Gasteiger partial charge on any atom is 0.239 e. The lowest BCUT2D eigenvalue weighted by molar-refractivity contribution is -0.120. The molecule has 0 saturated carbocycles. The van der Waals surface area contributed by atoms with E-state index in [1.54, 1.807) is 12.1 Å². The Balaban J connectivity index is 1.19. The molecule has 0 atom stereocenters. The van der Waals surface area contributed by atoms with Gasteiger partial charge in [-0.15, -0.1) is 0 Å². The first kappa shape index (κ1) is 26.0. The van der Waals surface area contributed by atoms with E-state index < -0.39 is 0 Å². The zero-order valence-corrected chi connectivity index (χ0v) is 22.1. The molecule has 5 rings (SSSR count). The van der Waals surface area contributed by atoms with Gasteiger partial charge in [0, 0.05) is 50.2 Å². The Bertz CT molecular complexity index is 1290. The summed E-state index contributed by atoms with van der Waals surface area (Å²) >= 11 is 1.29. The summed E-state index contributed by atoms with van der Waals surface area (Å²) in [6.07, 6.45) is 2.40. The number of hydrogen-bond donors (Lipinski definition) is 1. The van der Waals surface area contributed by atoms with Gasteiger partial charge in [0.2, 0.25) is 11.0 Å². The number of halogens is 1. The van der Waals surface area contributed by atoms with Crippen molar-refractivity contribution in [2.75, 3.05) is 24.5 Å². The van der Waals surface area contributed by atoms with Gasteiger partial charge in [-0.3, -0.25) is 9.69 Å². The number of nitrogens with zero attached hydrogens (tertiary/aromatic N) is 4. The van der Waals surface area contributed by atoms with Crippen LogP contribution in [0, 0.1) is 5.82 Å². The highest BCUT2D eigenvalue weighted by molar-refractivity contribution is 7.09. The Morgan fingerprint density at radius 1 is 0.921 bits per heavy atom. The van der Waals surface area contributed by atoms with Gasteiger partial charge in [0.05, 0.1) is 6.54 Å². The number of anilines is 1. The SMILES string of the molecule is O=C(CN(Cc1ccccc1)c1nc(Cc2ccc(F)cc2)ns1)NC1CCN(Cc2ccccc2)CC1. The fourth-order valence-electron chi connectivity index (χ4n) is 4.75. The summed E-state index contributed by atoms with van der Waals surface area (Å²) in [5.41, 5.74) is 3.37. The molecule has 0 bridgehead atoms. The summed E-state index contributed by atoms with van der Waals surface area (Å²) < 4.78 is 17.8. The van der Waals surface area contributed by atoms with Gasteiger partial charge in [-0.2, -0.15) is 4.37 Å². The molecule has 0 spiro atoms. The van der Waals surface area contributed by atoms with Gasteiger partial charge >= 0.3 is 0 Å². The minimum Gasteiger partial charge on any atom is -0.352 e. The van der Waals surface area contributed by atoms with Gasteiger partial charge in [-0.05, 0) is 41.7 Å². The molecule has 0 aliphatic carbocycles. The molecule has 2 heterocycles. The molecule has 4 aromatic rings. The third-order valence-corrected chi connectivity index (χ3v) is 7.57. The fourth-order valence-corrected chi connectivity index (χ4v) is 5.43. The molecule has 1 aliphatic rings. The average Bonchev–Trinajstić information content (AvgIpc) is 3.40. The minimum atomic E-state index is -0.261. The van der Waals surface area contributed by atoms with Crippen LogP contribution in [0.4, 0.5) is 9.52 Å². The van der Waals surface area contributed by atoms with Gasteiger partial charge in [-0.25, -0.2) is 9.37 Å². The Kier molecular flexibility index (Phi) is 8.73. The molecule has 8 heteroatoms. The van der Waals surface area contributed by atoms with Crippen molar-refractivity contribution in [1.29, 1.82) is 0 Å². The van der Waals surface area contributed by atoms with Crippen LogP contribution in [0.1, 0.15) is 35.4 Å². The second-order valence-electron chi connectivity index (χ2n) is 9.74. The number of nitrogens with one attached hydrogen (secondary N) is 1. The highest BCUT2D eigenvalue weighted by Crippen LogP contribution is 2.22. The zero-order chi connectivity index (χ0) is 26.2. The van der Waals surface area contributed by atoms with Gasteiger partial charge in [0.25, 0.3) is 0 Å². The summed E-state index contributed by atoms with van der Waals surface area (Å²) in [5.74, 6) is 0.404. The first-order valence-corrected chi connectivity index (χ1v) is 13.8. The number of rotatable bonds is 10. The summed E-state index contributed by atoms with van der Waals surface area (Å²) in [6.45, 7) is 3.66. The molecule has 3 aromatic carbocycles. The molecular formula is C30H32FN5OS. The molecule has 0 unspecified atom stereocenters. The van der Waals surface area contributed by atoms with E-state index in [1.807, 2.05) is 41.3 Å². The van der Waals surface area contributed by atoms with E-state index in [2.05, 4.69) is 38.9 Å². The van der Waals surface area contributed by atoms with E-state index in [4.69, 9.17) is 4.98 Å². The van der Waals surface area contributed by atoms with Crippen molar-refractivity contribution >= 4 is 22.6 Å². The number of aromatic nitrogens is 2. The van der Waals surface area contributed by atoms with Crippen LogP contribution in [-0.2, 0) is 24.3 Å². The van der Waals surface area contributed by atoms with Crippen molar-refractivity contribution in [2.45, 2.75) is 38.4 Å². The molecule has 1 amide bonds. The van der Waals surface area contributed by atoms with Crippen molar-refractivity contribution in [2.24, 2.45) is 0 Å². The van der Waals surface area contributed by atoms with Crippen molar-refractivity contribution in [3.63, 3.8) is 0 Å². The minimum absolute atomic E-state index is 0.00211. The molecule has 0 radical (unpaired) electrons. The fraction of sp³-hybridized carbons (Fsp3) is 0.300. The summed E-state index contributed by atoms with van der Waals surface area (Å²) in [5, 5.41) is 3.96. The second-order valence-corrected chi connectivity index (χ2v) is 10.5. The lowest BCUT2D eigenvalue weighted by atomic mass is 10.0. The van der Waals surface area contributed by atoms with Crippen molar-refractivity contribution < 1.29 is 9.18 Å². The van der Waals surface area contributed by atoms with Crippen LogP contribution in [-0.4, -0.2) is 45.8 Å². The maximum atomic E-state index is 13.3. The molecule has 1 saturated heterocycles. The van der Waals surface area contributed by atoms with E-state index in [1.165, 1.54) is 29.2 Å². The highest BCUT2D eigenvalue weighted by Gasteiger charge is 2.23. The number of likely N-dealkylation sites (tertiary alicyclic amines) is 1.